The molecule has 1 rings (SSSR count). The van der Waals surface area contributed by atoms with Crippen LogP contribution in [0, 0.1) is 0 Å². The van der Waals surface area contributed by atoms with Crippen molar-refractivity contribution in [3.63, 3.8) is 0 Å². The summed E-state index contributed by atoms with van der Waals surface area (Å²) in [4.78, 5) is 14.1. The molecule has 20 heavy (non-hydrogen) atoms. The molecule has 0 aliphatic carbocycles. The number of nitrogens with zero attached hydrogens (tertiary/aromatic N) is 1. The van der Waals surface area contributed by atoms with E-state index in [1.807, 2.05) is 20.2 Å². The highest BCUT2D eigenvalue weighted by molar-refractivity contribution is 9.10. The number of rotatable bonds is 4. The van der Waals surface area contributed by atoms with Gasteiger partial charge in [-0.1, -0.05) is 15.9 Å². The molecule has 7 heteroatoms. The van der Waals surface area contributed by atoms with E-state index in [2.05, 4.69) is 40.0 Å². The standard InChI is InChI=1S/C13H20BrN3O.2ClH/c1-13(2,17(3)4)8-16-12(18)10-6-5-9(14)7-11(10)15;;/h5-7H,8,15H2,1-4H3,(H,16,18);2*1H. The van der Waals surface area contributed by atoms with Crippen LogP contribution in [0.3, 0.4) is 0 Å². The Bertz CT molecular complexity index is 453. The number of hydrogen-bond donors (Lipinski definition) is 2. The van der Waals surface area contributed by atoms with Crippen molar-refractivity contribution in [2.24, 2.45) is 0 Å². The molecule has 0 aromatic heterocycles. The molecule has 116 valence electrons. The molecule has 0 aliphatic heterocycles. The summed E-state index contributed by atoms with van der Waals surface area (Å²) in [6.07, 6.45) is 0. The van der Waals surface area contributed by atoms with E-state index >= 15 is 0 Å². The highest BCUT2D eigenvalue weighted by Gasteiger charge is 2.21. The summed E-state index contributed by atoms with van der Waals surface area (Å²) in [6, 6.07) is 5.26. The quantitative estimate of drug-likeness (QED) is 0.782. The first kappa shape index (κ1) is 21.8. The Morgan fingerprint density at radius 2 is 1.90 bits per heavy atom. The summed E-state index contributed by atoms with van der Waals surface area (Å²) in [5.41, 5.74) is 6.71. The Morgan fingerprint density at radius 1 is 1.35 bits per heavy atom. The molecule has 1 aromatic carbocycles. The highest BCUT2D eigenvalue weighted by atomic mass is 79.9. The minimum Gasteiger partial charge on any atom is -0.398 e. The molecule has 0 fully saturated rings. The number of anilines is 1. The van der Waals surface area contributed by atoms with Crippen LogP contribution in [0.5, 0.6) is 0 Å². The number of halogens is 3. The van der Waals surface area contributed by atoms with Crippen molar-refractivity contribution in [3.05, 3.63) is 28.2 Å². The fraction of sp³-hybridized carbons (Fsp3) is 0.462. The first-order chi connectivity index (χ1) is 8.24. The van der Waals surface area contributed by atoms with Gasteiger partial charge in [0.2, 0.25) is 0 Å². The Hall–Kier alpha value is -0.490. The third kappa shape index (κ3) is 5.87. The molecule has 0 spiro atoms. The van der Waals surface area contributed by atoms with Gasteiger partial charge >= 0.3 is 0 Å². The lowest BCUT2D eigenvalue weighted by Gasteiger charge is -2.32. The predicted octanol–water partition coefficient (Wildman–Crippen LogP) is 2.94. The Labute approximate surface area is 141 Å². The molecular formula is C13H22BrCl2N3O. The first-order valence-electron chi connectivity index (χ1n) is 5.74. The lowest BCUT2D eigenvalue weighted by Crippen LogP contribution is -2.48. The number of nitrogens with one attached hydrogen (secondary N) is 1. The highest BCUT2D eigenvalue weighted by Crippen LogP contribution is 2.18. The topological polar surface area (TPSA) is 58.4 Å². The van der Waals surface area contributed by atoms with Crippen LogP contribution in [0.25, 0.3) is 0 Å². The van der Waals surface area contributed by atoms with Gasteiger partial charge in [-0.05, 0) is 46.1 Å². The van der Waals surface area contributed by atoms with E-state index in [0.717, 1.165) is 4.47 Å². The second kappa shape index (κ2) is 8.72. The van der Waals surface area contributed by atoms with E-state index in [9.17, 15) is 4.79 Å². The van der Waals surface area contributed by atoms with Gasteiger partial charge in [-0.2, -0.15) is 0 Å². The van der Waals surface area contributed by atoms with E-state index in [4.69, 9.17) is 5.73 Å². The van der Waals surface area contributed by atoms with Crippen molar-refractivity contribution in [2.75, 3.05) is 26.4 Å². The van der Waals surface area contributed by atoms with Gasteiger partial charge in [-0.15, -0.1) is 24.8 Å². The Balaban J connectivity index is 0. The van der Waals surface area contributed by atoms with E-state index in [0.29, 0.717) is 17.8 Å². The maximum absolute atomic E-state index is 12.0. The molecule has 0 unspecified atom stereocenters. The second-order valence-corrected chi connectivity index (χ2v) is 6.04. The van der Waals surface area contributed by atoms with Crippen LogP contribution in [0.15, 0.2) is 22.7 Å². The van der Waals surface area contributed by atoms with Crippen molar-refractivity contribution in [1.29, 1.82) is 0 Å². The zero-order chi connectivity index (χ0) is 13.9. The summed E-state index contributed by atoms with van der Waals surface area (Å²) in [5.74, 6) is -0.144. The summed E-state index contributed by atoms with van der Waals surface area (Å²) >= 11 is 3.32. The molecule has 0 atom stereocenters. The number of amides is 1. The predicted molar refractivity (Wildman–Crippen MR) is 93.1 cm³/mol. The van der Waals surface area contributed by atoms with Crippen LogP contribution >= 0.6 is 40.7 Å². The molecular weight excluding hydrogens is 365 g/mol. The normalized spacial score (nSPS) is 10.5. The van der Waals surface area contributed by atoms with E-state index < -0.39 is 0 Å². The average molecular weight is 387 g/mol. The van der Waals surface area contributed by atoms with Crippen LogP contribution in [-0.2, 0) is 0 Å². The smallest absolute Gasteiger partial charge is 0.253 e. The number of carbonyl (C=O) groups is 1. The summed E-state index contributed by atoms with van der Waals surface area (Å²) in [5, 5.41) is 2.90. The van der Waals surface area contributed by atoms with Crippen molar-refractivity contribution in [1.82, 2.24) is 10.2 Å². The minimum atomic E-state index is -0.144. The Morgan fingerprint density at radius 3 is 2.35 bits per heavy atom. The summed E-state index contributed by atoms with van der Waals surface area (Å²) in [7, 11) is 3.97. The largest absolute Gasteiger partial charge is 0.398 e. The number of carbonyl (C=O) groups excluding carboxylic acids is 1. The van der Waals surface area contributed by atoms with Crippen LogP contribution < -0.4 is 11.1 Å². The van der Waals surface area contributed by atoms with Gasteiger partial charge in [0, 0.05) is 22.2 Å². The molecule has 0 aliphatic rings. The number of nitrogen functional groups attached to an aromatic ring is 1. The van der Waals surface area contributed by atoms with Crippen LogP contribution in [0.2, 0.25) is 0 Å². The van der Waals surface area contributed by atoms with Crippen LogP contribution in [-0.4, -0.2) is 37.0 Å². The SMILES string of the molecule is CN(C)C(C)(C)CNC(=O)c1ccc(Br)cc1N.Cl.Cl. The first-order valence-corrected chi connectivity index (χ1v) is 6.54. The van der Waals surface area contributed by atoms with Gasteiger partial charge in [-0.3, -0.25) is 4.79 Å². The number of nitrogens with two attached hydrogens (primary N) is 1. The number of likely N-dealkylation sites (N-methyl/N-ethyl adjacent to an activating group) is 1. The van der Waals surface area contributed by atoms with Gasteiger partial charge in [0.05, 0.1) is 5.56 Å². The minimum absolute atomic E-state index is 0. The lowest BCUT2D eigenvalue weighted by atomic mass is 10.0. The maximum atomic E-state index is 12.0. The van der Waals surface area contributed by atoms with Crippen LogP contribution in [0.1, 0.15) is 24.2 Å². The molecule has 0 radical (unpaired) electrons. The van der Waals surface area contributed by atoms with Gasteiger partial charge in [-0.25, -0.2) is 0 Å². The van der Waals surface area contributed by atoms with Gasteiger partial charge in [0.15, 0.2) is 0 Å². The van der Waals surface area contributed by atoms with E-state index in [1.54, 1.807) is 12.1 Å². The molecule has 0 saturated heterocycles. The molecule has 4 nitrogen and oxygen atoms in total. The average Bonchev–Trinajstić information content (AvgIpc) is 2.25. The molecule has 1 aromatic rings. The lowest BCUT2D eigenvalue weighted by molar-refractivity contribution is 0.0920. The third-order valence-corrected chi connectivity index (χ3v) is 3.64. The van der Waals surface area contributed by atoms with Gasteiger partial charge in [0.25, 0.3) is 5.91 Å². The fourth-order valence-electron chi connectivity index (χ4n) is 1.29. The molecule has 0 heterocycles. The fourth-order valence-corrected chi connectivity index (χ4v) is 1.67. The van der Waals surface area contributed by atoms with E-state index in [1.165, 1.54) is 0 Å². The van der Waals surface area contributed by atoms with Gasteiger partial charge < -0.3 is 16.0 Å². The number of benzene rings is 1. The summed E-state index contributed by atoms with van der Waals surface area (Å²) in [6.45, 7) is 4.70. The third-order valence-electron chi connectivity index (χ3n) is 3.15. The Kier molecular flexibility index (Phi) is 9.51. The van der Waals surface area contributed by atoms with Crippen molar-refractivity contribution in [2.45, 2.75) is 19.4 Å². The van der Waals surface area contributed by atoms with E-state index in [-0.39, 0.29) is 36.3 Å². The summed E-state index contributed by atoms with van der Waals surface area (Å²) < 4.78 is 0.866. The van der Waals surface area contributed by atoms with Crippen molar-refractivity contribution < 1.29 is 4.79 Å². The van der Waals surface area contributed by atoms with Crippen LogP contribution in [0.4, 0.5) is 5.69 Å². The monoisotopic (exact) mass is 385 g/mol. The van der Waals surface area contributed by atoms with Gasteiger partial charge in [0.1, 0.15) is 0 Å². The molecule has 0 saturated carbocycles. The maximum Gasteiger partial charge on any atom is 0.253 e. The molecule has 1 amide bonds. The zero-order valence-corrected chi connectivity index (χ0v) is 15.3. The zero-order valence-electron chi connectivity index (χ0n) is 12.1. The van der Waals surface area contributed by atoms with Crippen molar-refractivity contribution in [3.8, 4) is 0 Å². The van der Waals surface area contributed by atoms with Crippen molar-refractivity contribution >= 4 is 52.3 Å². The number of hydrogen-bond acceptors (Lipinski definition) is 3. The molecule has 0 bridgehead atoms. The second-order valence-electron chi connectivity index (χ2n) is 5.12. The molecule has 3 N–H and O–H groups in total.